The molecule has 1 aliphatic rings. The number of carbonyl (C=O) groups excluding carboxylic acids is 2. The predicted octanol–water partition coefficient (Wildman–Crippen LogP) is 2.34. The molecule has 0 unspecified atom stereocenters. The van der Waals surface area contributed by atoms with Crippen LogP contribution in [0.5, 0.6) is 0 Å². The van der Waals surface area contributed by atoms with Crippen molar-refractivity contribution in [2.24, 2.45) is 5.41 Å². The van der Waals surface area contributed by atoms with Gasteiger partial charge < -0.3 is 21.3 Å². The van der Waals surface area contributed by atoms with Crippen molar-refractivity contribution >= 4 is 17.6 Å². The lowest BCUT2D eigenvalue weighted by atomic mass is 9.81. The fourth-order valence-electron chi connectivity index (χ4n) is 2.74. The summed E-state index contributed by atoms with van der Waals surface area (Å²) in [6.45, 7) is 8.71. The van der Waals surface area contributed by atoms with Gasteiger partial charge in [0.15, 0.2) is 0 Å². The molecule has 132 valence electrons. The molecule has 4 N–H and O–H groups in total. The molecule has 3 amide bonds. The Bertz CT molecular complexity index is 563. The van der Waals surface area contributed by atoms with Gasteiger partial charge in [0, 0.05) is 23.8 Å². The smallest absolute Gasteiger partial charge is 0.319 e. The van der Waals surface area contributed by atoms with Crippen LogP contribution in [0.15, 0.2) is 24.3 Å². The zero-order chi connectivity index (χ0) is 17.6. The first kappa shape index (κ1) is 18.3. The number of anilines is 1. The summed E-state index contributed by atoms with van der Waals surface area (Å²) in [5.41, 5.74) is 1.43. The van der Waals surface area contributed by atoms with Crippen LogP contribution in [0.3, 0.4) is 0 Å². The lowest BCUT2D eigenvalue weighted by Gasteiger charge is -2.34. The molecule has 1 heterocycles. The number of benzene rings is 1. The van der Waals surface area contributed by atoms with Gasteiger partial charge in [-0.25, -0.2) is 4.79 Å². The number of carbonyl (C=O) groups is 2. The van der Waals surface area contributed by atoms with Crippen LogP contribution in [-0.4, -0.2) is 37.6 Å². The van der Waals surface area contributed by atoms with Crippen molar-refractivity contribution in [3.63, 3.8) is 0 Å². The second kappa shape index (κ2) is 8.15. The predicted molar refractivity (Wildman–Crippen MR) is 96.3 cm³/mol. The number of hydrogen-bond acceptors (Lipinski definition) is 3. The SMILES string of the molecule is CC(C)NC(=O)Nc1ccc(C(=O)NCC2(C)CCNCC2)cc1. The molecule has 1 fully saturated rings. The summed E-state index contributed by atoms with van der Waals surface area (Å²) in [4.78, 5) is 23.9. The third-order valence-electron chi connectivity index (χ3n) is 4.31. The van der Waals surface area contributed by atoms with Crippen LogP contribution in [0.25, 0.3) is 0 Å². The van der Waals surface area contributed by atoms with E-state index in [1.54, 1.807) is 24.3 Å². The summed E-state index contributed by atoms with van der Waals surface area (Å²) in [7, 11) is 0. The molecular formula is C18H28N4O2. The Kier molecular flexibility index (Phi) is 6.20. The molecule has 1 aromatic rings. The summed E-state index contributed by atoms with van der Waals surface area (Å²) in [6.07, 6.45) is 2.14. The van der Waals surface area contributed by atoms with Gasteiger partial charge in [0.2, 0.25) is 0 Å². The normalized spacial score (nSPS) is 16.5. The minimum absolute atomic E-state index is 0.0754. The van der Waals surface area contributed by atoms with Gasteiger partial charge in [0.25, 0.3) is 5.91 Å². The zero-order valence-corrected chi connectivity index (χ0v) is 14.7. The van der Waals surface area contributed by atoms with Gasteiger partial charge in [0.1, 0.15) is 0 Å². The van der Waals surface area contributed by atoms with Gasteiger partial charge in [-0.1, -0.05) is 6.92 Å². The molecule has 24 heavy (non-hydrogen) atoms. The summed E-state index contributed by atoms with van der Waals surface area (Å²) in [5, 5.41) is 11.9. The highest BCUT2D eigenvalue weighted by atomic mass is 16.2. The second-order valence-corrected chi connectivity index (χ2v) is 7.07. The highest BCUT2D eigenvalue weighted by molar-refractivity contribution is 5.95. The van der Waals surface area contributed by atoms with Crippen LogP contribution in [0.2, 0.25) is 0 Å². The standard InChI is InChI=1S/C18H28N4O2/c1-13(2)21-17(24)22-15-6-4-14(5-7-15)16(23)20-12-18(3)8-10-19-11-9-18/h4-7,13,19H,8-12H2,1-3H3,(H,20,23)(H2,21,22,24). The fourth-order valence-corrected chi connectivity index (χ4v) is 2.74. The monoisotopic (exact) mass is 332 g/mol. The molecule has 2 rings (SSSR count). The molecule has 1 saturated heterocycles. The first-order valence-electron chi connectivity index (χ1n) is 8.54. The number of piperidine rings is 1. The van der Waals surface area contributed by atoms with Gasteiger partial charge >= 0.3 is 6.03 Å². The van der Waals surface area contributed by atoms with Crippen LogP contribution in [0.1, 0.15) is 44.0 Å². The number of hydrogen-bond donors (Lipinski definition) is 4. The van der Waals surface area contributed by atoms with Crippen LogP contribution >= 0.6 is 0 Å². The van der Waals surface area contributed by atoms with E-state index in [0.29, 0.717) is 17.8 Å². The zero-order valence-electron chi connectivity index (χ0n) is 14.7. The van der Waals surface area contributed by atoms with Crippen LogP contribution in [0.4, 0.5) is 10.5 Å². The molecule has 0 aromatic heterocycles. The first-order valence-corrected chi connectivity index (χ1v) is 8.54. The van der Waals surface area contributed by atoms with Crippen molar-refractivity contribution in [1.29, 1.82) is 0 Å². The van der Waals surface area contributed by atoms with E-state index >= 15 is 0 Å². The molecular weight excluding hydrogens is 304 g/mol. The largest absolute Gasteiger partial charge is 0.351 e. The van der Waals surface area contributed by atoms with Crippen molar-refractivity contribution in [3.05, 3.63) is 29.8 Å². The Morgan fingerprint density at radius 3 is 2.38 bits per heavy atom. The van der Waals surface area contributed by atoms with Crippen molar-refractivity contribution in [1.82, 2.24) is 16.0 Å². The van der Waals surface area contributed by atoms with Gasteiger partial charge in [-0.05, 0) is 69.5 Å². The van der Waals surface area contributed by atoms with E-state index in [1.165, 1.54) is 0 Å². The maximum absolute atomic E-state index is 12.3. The highest BCUT2D eigenvalue weighted by Gasteiger charge is 2.27. The second-order valence-electron chi connectivity index (χ2n) is 7.07. The number of nitrogens with one attached hydrogen (secondary N) is 4. The summed E-state index contributed by atoms with van der Waals surface area (Å²) >= 11 is 0. The maximum Gasteiger partial charge on any atom is 0.319 e. The van der Waals surface area contributed by atoms with Crippen molar-refractivity contribution in [3.8, 4) is 0 Å². The van der Waals surface area contributed by atoms with Crippen LogP contribution in [-0.2, 0) is 0 Å². The van der Waals surface area contributed by atoms with E-state index in [2.05, 4.69) is 28.2 Å². The quantitative estimate of drug-likeness (QED) is 0.668. The molecule has 1 aliphatic heterocycles. The van der Waals surface area contributed by atoms with Gasteiger partial charge in [-0.2, -0.15) is 0 Å². The van der Waals surface area contributed by atoms with Crippen LogP contribution < -0.4 is 21.3 Å². The minimum atomic E-state index is -0.249. The van der Waals surface area contributed by atoms with E-state index in [-0.39, 0.29) is 23.4 Å². The van der Waals surface area contributed by atoms with E-state index in [4.69, 9.17) is 0 Å². The van der Waals surface area contributed by atoms with E-state index in [0.717, 1.165) is 25.9 Å². The number of amides is 3. The highest BCUT2D eigenvalue weighted by Crippen LogP contribution is 2.26. The third kappa shape index (κ3) is 5.53. The van der Waals surface area contributed by atoms with Crippen molar-refractivity contribution in [2.45, 2.75) is 39.7 Å². The number of rotatable bonds is 5. The Balaban J connectivity index is 1.85. The molecule has 0 spiro atoms. The Morgan fingerprint density at radius 1 is 1.17 bits per heavy atom. The maximum atomic E-state index is 12.3. The van der Waals surface area contributed by atoms with Crippen molar-refractivity contribution in [2.75, 3.05) is 25.0 Å². The van der Waals surface area contributed by atoms with Crippen molar-refractivity contribution < 1.29 is 9.59 Å². The average Bonchev–Trinajstić information content (AvgIpc) is 2.53. The lowest BCUT2D eigenvalue weighted by molar-refractivity contribution is 0.0922. The van der Waals surface area contributed by atoms with Crippen LogP contribution in [0, 0.1) is 5.41 Å². The van der Waals surface area contributed by atoms with Gasteiger partial charge in [-0.15, -0.1) is 0 Å². The Morgan fingerprint density at radius 2 is 1.79 bits per heavy atom. The molecule has 1 aromatic carbocycles. The van der Waals surface area contributed by atoms with Gasteiger partial charge in [-0.3, -0.25) is 4.79 Å². The number of urea groups is 1. The molecule has 0 saturated carbocycles. The fraction of sp³-hybridized carbons (Fsp3) is 0.556. The average molecular weight is 332 g/mol. The van der Waals surface area contributed by atoms with E-state index < -0.39 is 0 Å². The lowest BCUT2D eigenvalue weighted by Crippen LogP contribution is -2.42. The topological polar surface area (TPSA) is 82.3 Å². The van der Waals surface area contributed by atoms with E-state index in [1.807, 2.05) is 13.8 Å². The first-order chi connectivity index (χ1) is 11.4. The summed E-state index contributed by atoms with van der Waals surface area (Å²) in [5.74, 6) is -0.0760. The third-order valence-corrected chi connectivity index (χ3v) is 4.31. The van der Waals surface area contributed by atoms with Gasteiger partial charge in [0.05, 0.1) is 0 Å². The molecule has 0 bridgehead atoms. The molecule has 0 aliphatic carbocycles. The minimum Gasteiger partial charge on any atom is -0.351 e. The van der Waals surface area contributed by atoms with E-state index in [9.17, 15) is 9.59 Å². The summed E-state index contributed by atoms with van der Waals surface area (Å²) in [6, 6.07) is 6.76. The molecule has 0 radical (unpaired) electrons. The molecule has 6 nitrogen and oxygen atoms in total. The molecule has 6 heteroatoms. The Hall–Kier alpha value is -2.08. The Labute approximate surface area is 143 Å². The summed E-state index contributed by atoms with van der Waals surface area (Å²) < 4.78 is 0. The molecule has 0 atom stereocenters.